The zero-order valence-corrected chi connectivity index (χ0v) is 19.9. The fourth-order valence-corrected chi connectivity index (χ4v) is 5.84. The summed E-state index contributed by atoms with van der Waals surface area (Å²) < 4.78 is 12.0. The van der Waals surface area contributed by atoms with Gasteiger partial charge in [-0.3, -0.25) is 9.59 Å². The van der Waals surface area contributed by atoms with E-state index in [1.165, 1.54) is 51.4 Å². The molecule has 0 radical (unpaired) electrons. The van der Waals surface area contributed by atoms with Crippen LogP contribution >= 0.6 is 0 Å². The van der Waals surface area contributed by atoms with Gasteiger partial charge in [0.2, 0.25) is 0 Å². The standard InChI is InChI=1S/C30H34O4/c31-27(19-17-21-9-1-2-10-21)33-29-23-13-5-7-15-25(23)30(26-16-8-6-14-24(26)29)34-28(32)20-18-22-11-3-4-12-22/h5-8,13-16,21-22H,1-4,9-12,17-20H2. The summed E-state index contributed by atoms with van der Waals surface area (Å²) >= 11 is 0. The van der Waals surface area contributed by atoms with Crippen molar-refractivity contribution in [2.75, 3.05) is 0 Å². The van der Waals surface area contributed by atoms with Crippen molar-refractivity contribution in [3.63, 3.8) is 0 Å². The molecule has 2 aliphatic carbocycles. The number of hydrogen-bond acceptors (Lipinski definition) is 4. The summed E-state index contributed by atoms with van der Waals surface area (Å²) in [4.78, 5) is 25.6. The molecule has 0 bridgehead atoms. The van der Waals surface area contributed by atoms with Crippen molar-refractivity contribution in [1.82, 2.24) is 0 Å². The van der Waals surface area contributed by atoms with Crippen LogP contribution in [0.2, 0.25) is 0 Å². The second-order valence-electron chi connectivity index (χ2n) is 10.1. The first-order chi connectivity index (χ1) is 16.7. The first kappa shape index (κ1) is 22.9. The van der Waals surface area contributed by atoms with Gasteiger partial charge in [-0.1, -0.05) is 99.9 Å². The molecule has 0 aromatic heterocycles. The lowest BCUT2D eigenvalue weighted by Crippen LogP contribution is -2.12. The normalized spacial score (nSPS) is 16.9. The van der Waals surface area contributed by atoms with E-state index in [1.54, 1.807) is 0 Å². The number of carbonyl (C=O) groups is 2. The topological polar surface area (TPSA) is 52.6 Å². The van der Waals surface area contributed by atoms with E-state index in [0.717, 1.165) is 34.4 Å². The van der Waals surface area contributed by atoms with E-state index in [4.69, 9.17) is 9.47 Å². The summed E-state index contributed by atoms with van der Waals surface area (Å²) in [7, 11) is 0. The number of ether oxygens (including phenoxy) is 2. The Labute approximate surface area is 201 Å². The van der Waals surface area contributed by atoms with Gasteiger partial charge >= 0.3 is 11.9 Å². The van der Waals surface area contributed by atoms with Crippen LogP contribution in [0.5, 0.6) is 11.5 Å². The van der Waals surface area contributed by atoms with Gasteiger partial charge in [0.15, 0.2) is 0 Å². The Hall–Kier alpha value is -2.88. The van der Waals surface area contributed by atoms with Crippen LogP contribution in [0, 0.1) is 11.8 Å². The minimum absolute atomic E-state index is 0.191. The van der Waals surface area contributed by atoms with Crippen LogP contribution in [0.25, 0.3) is 21.5 Å². The van der Waals surface area contributed by atoms with Gasteiger partial charge in [-0.25, -0.2) is 0 Å². The molecule has 3 aromatic rings. The van der Waals surface area contributed by atoms with Gasteiger partial charge < -0.3 is 9.47 Å². The lowest BCUT2D eigenvalue weighted by molar-refractivity contribution is -0.135. The molecule has 4 heteroatoms. The molecule has 0 aliphatic heterocycles. The molecule has 4 nitrogen and oxygen atoms in total. The molecule has 0 N–H and O–H groups in total. The van der Waals surface area contributed by atoms with Gasteiger partial charge in [0.05, 0.1) is 0 Å². The van der Waals surface area contributed by atoms with E-state index in [9.17, 15) is 9.59 Å². The van der Waals surface area contributed by atoms with Crippen LogP contribution in [0.15, 0.2) is 48.5 Å². The smallest absolute Gasteiger partial charge is 0.311 e. The molecule has 0 atom stereocenters. The van der Waals surface area contributed by atoms with Gasteiger partial charge in [0.25, 0.3) is 0 Å². The molecule has 178 valence electrons. The SMILES string of the molecule is O=C(CCC1CCCC1)Oc1c2ccccc2c(OC(=O)CCC2CCCC2)c2ccccc12. The first-order valence-electron chi connectivity index (χ1n) is 13.0. The monoisotopic (exact) mass is 458 g/mol. The maximum Gasteiger partial charge on any atom is 0.311 e. The van der Waals surface area contributed by atoms with Crippen molar-refractivity contribution in [1.29, 1.82) is 0 Å². The summed E-state index contributed by atoms with van der Waals surface area (Å²) in [5, 5.41) is 3.20. The molecule has 5 rings (SSSR count). The number of benzene rings is 3. The van der Waals surface area contributed by atoms with Gasteiger partial charge in [0, 0.05) is 34.4 Å². The van der Waals surface area contributed by atoms with Crippen molar-refractivity contribution < 1.29 is 19.1 Å². The van der Waals surface area contributed by atoms with Gasteiger partial charge in [-0.2, -0.15) is 0 Å². The van der Waals surface area contributed by atoms with E-state index >= 15 is 0 Å². The third-order valence-corrected chi connectivity index (χ3v) is 7.73. The maximum atomic E-state index is 12.8. The molecule has 0 saturated heterocycles. The Morgan fingerprint density at radius 1 is 0.588 bits per heavy atom. The zero-order valence-electron chi connectivity index (χ0n) is 19.9. The quantitative estimate of drug-likeness (QED) is 0.197. The van der Waals surface area contributed by atoms with Crippen LogP contribution in [0.4, 0.5) is 0 Å². The van der Waals surface area contributed by atoms with E-state index in [0.29, 0.717) is 36.2 Å². The van der Waals surface area contributed by atoms with Crippen LogP contribution in [0.1, 0.15) is 77.0 Å². The van der Waals surface area contributed by atoms with Crippen LogP contribution in [-0.2, 0) is 9.59 Å². The van der Waals surface area contributed by atoms with Crippen molar-refractivity contribution in [3.8, 4) is 11.5 Å². The van der Waals surface area contributed by atoms with Crippen LogP contribution < -0.4 is 9.47 Å². The van der Waals surface area contributed by atoms with E-state index in [1.807, 2.05) is 48.5 Å². The zero-order chi connectivity index (χ0) is 23.3. The van der Waals surface area contributed by atoms with Crippen LogP contribution in [-0.4, -0.2) is 11.9 Å². The number of hydrogen-bond donors (Lipinski definition) is 0. The first-order valence-corrected chi connectivity index (χ1v) is 13.0. The van der Waals surface area contributed by atoms with Gasteiger partial charge in [0.1, 0.15) is 11.5 Å². The van der Waals surface area contributed by atoms with E-state index in [2.05, 4.69) is 0 Å². The second-order valence-corrected chi connectivity index (χ2v) is 10.1. The summed E-state index contributed by atoms with van der Waals surface area (Å²) in [6, 6.07) is 15.5. The average Bonchev–Trinajstić information content (AvgIpc) is 3.58. The average molecular weight is 459 g/mol. The molecule has 34 heavy (non-hydrogen) atoms. The maximum absolute atomic E-state index is 12.8. The molecule has 2 aliphatic rings. The Balaban J connectivity index is 1.42. The fourth-order valence-electron chi connectivity index (χ4n) is 5.84. The molecular formula is C30H34O4. The number of fused-ring (bicyclic) bond motifs is 2. The van der Waals surface area contributed by atoms with E-state index < -0.39 is 0 Å². The molecule has 0 unspecified atom stereocenters. The molecular weight excluding hydrogens is 424 g/mol. The molecule has 2 saturated carbocycles. The predicted octanol–water partition coefficient (Wildman–Crippen LogP) is 7.74. The highest BCUT2D eigenvalue weighted by molar-refractivity contribution is 6.12. The lowest BCUT2D eigenvalue weighted by Gasteiger charge is -2.17. The van der Waals surface area contributed by atoms with Gasteiger partial charge in [-0.15, -0.1) is 0 Å². The lowest BCUT2D eigenvalue weighted by atomic mass is 10.00. The summed E-state index contributed by atoms with van der Waals surface area (Å²) in [5.41, 5.74) is 0. The minimum atomic E-state index is -0.191. The van der Waals surface area contributed by atoms with Crippen molar-refractivity contribution >= 4 is 33.5 Å². The Bertz CT molecular complexity index is 1020. The van der Waals surface area contributed by atoms with Crippen molar-refractivity contribution in [2.45, 2.75) is 77.0 Å². The number of carbonyl (C=O) groups excluding carboxylic acids is 2. The predicted molar refractivity (Wildman–Crippen MR) is 135 cm³/mol. The Morgan fingerprint density at radius 3 is 1.24 bits per heavy atom. The van der Waals surface area contributed by atoms with Gasteiger partial charge in [-0.05, 0) is 24.7 Å². The summed E-state index contributed by atoms with van der Waals surface area (Å²) in [5.74, 6) is 2.04. The van der Waals surface area contributed by atoms with Crippen molar-refractivity contribution in [2.24, 2.45) is 11.8 Å². The second kappa shape index (κ2) is 10.6. The third-order valence-electron chi connectivity index (χ3n) is 7.73. The summed E-state index contributed by atoms with van der Waals surface area (Å²) in [6.07, 6.45) is 12.6. The van der Waals surface area contributed by atoms with Crippen LogP contribution in [0.3, 0.4) is 0 Å². The highest BCUT2D eigenvalue weighted by Crippen LogP contribution is 2.43. The fraction of sp³-hybridized carbons (Fsp3) is 0.467. The highest BCUT2D eigenvalue weighted by Gasteiger charge is 2.22. The molecule has 3 aromatic carbocycles. The Kier molecular flexibility index (Phi) is 7.13. The molecule has 0 amide bonds. The highest BCUT2D eigenvalue weighted by atomic mass is 16.5. The largest absolute Gasteiger partial charge is 0.425 e. The number of rotatable bonds is 8. The molecule has 2 fully saturated rings. The minimum Gasteiger partial charge on any atom is -0.425 e. The molecule has 0 spiro atoms. The molecule has 0 heterocycles. The third kappa shape index (κ3) is 5.11. The number of esters is 2. The van der Waals surface area contributed by atoms with E-state index in [-0.39, 0.29) is 11.9 Å². The Morgan fingerprint density at radius 2 is 0.912 bits per heavy atom. The summed E-state index contributed by atoms with van der Waals surface area (Å²) in [6.45, 7) is 0. The van der Waals surface area contributed by atoms with Crippen molar-refractivity contribution in [3.05, 3.63) is 48.5 Å².